The molecule has 1 fully saturated rings. The Morgan fingerprint density at radius 3 is 2.70 bits per heavy atom. The maximum Gasteiger partial charge on any atom is 0.316 e. The summed E-state index contributed by atoms with van der Waals surface area (Å²) in [6.45, 7) is 5.19. The fourth-order valence-corrected chi connectivity index (χ4v) is 3.50. The van der Waals surface area contributed by atoms with Crippen LogP contribution in [0.15, 0.2) is 5.16 Å². The zero-order valence-electron chi connectivity index (χ0n) is 12.3. The predicted molar refractivity (Wildman–Crippen MR) is 78.9 cm³/mol. The van der Waals surface area contributed by atoms with E-state index in [1.165, 1.54) is 43.9 Å². The quantitative estimate of drug-likeness (QED) is 0.597. The van der Waals surface area contributed by atoms with Gasteiger partial charge in [0.15, 0.2) is 5.16 Å². The Morgan fingerprint density at radius 1 is 1.30 bits per heavy atom. The van der Waals surface area contributed by atoms with Crippen LogP contribution in [0.25, 0.3) is 0 Å². The van der Waals surface area contributed by atoms with Gasteiger partial charge in [0.05, 0.1) is 12.4 Å². The molecule has 0 unspecified atom stereocenters. The van der Waals surface area contributed by atoms with Gasteiger partial charge in [-0.2, -0.15) is 0 Å². The summed E-state index contributed by atoms with van der Waals surface area (Å²) in [6.07, 6.45) is 6.32. The number of esters is 1. The minimum absolute atomic E-state index is 0.192. The van der Waals surface area contributed by atoms with Crippen LogP contribution in [0.4, 0.5) is 0 Å². The van der Waals surface area contributed by atoms with Crippen LogP contribution in [0.3, 0.4) is 0 Å². The number of rotatable bonds is 6. The Kier molecular flexibility index (Phi) is 5.88. The van der Waals surface area contributed by atoms with Crippen LogP contribution >= 0.6 is 11.8 Å². The van der Waals surface area contributed by atoms with Crippen LogP contribution in [0.1, 0.15) is 57.7 Å². The molecule has 2 rings (SSSR count). The maximum absolute atomic E-state index is 11.4. The minimum Gasteiger partial charge on any atom is -0.465 e. The van der Waals surface area contributed by atoms with Gasteiger partial charge in [0.1, 0.15) is 5.82 Å². The highest BCUT2D eigenvalue weighted by Gasteiger charge is 2.23. The first-order chi connectivity index (χ1) is 9.76. The van der Waals surface area contributed by atoms with Crippen molar-refractivity contribution < 1.29 is 9.53 Å². The largest absolute Gasteiger partial charge is 0.465 e. The first-order valence-electron chi connectivity index (χ1n) is 7.47. The second-order valence-electron chi connectivity index (χ2n) is 5.01. The van der Waals surface area contributed by atoms with E-state index in [2.05, 4.69) is 21.7 Å². The highest BCUT2D eigenvalue weighted by atomic mass is 32.2. The Hall–Kier alpha value is -1.04. The van der Waals surface area contributed by atoms with Gasteiger partial charge >= 0.3 is 5.97 Å². The van der Waals surface area contributed by atoms with Crippen LogP contribution in [0, 0.1) is 0 Å². The fourth-order valence-electron chi connectivity index (χ4n) is 2.69. The van der Waals surface area contributed by atoms with Gasteiger partial charge < -0.3 is 9.30 Å². The summed E-state index contributed by atoms with van der Waals surface area (Å²) in [5.74, 6) is 1.74. The smallest absolute Gasteiger partial charge is 0.316 e. The monoisotopic (exact) mass is 297 g/mol. The number of hydrogen-bond acceptors (Lipinski definition) is 5. The number of aromatic nitrogens is 3. The average Bonchev–Trinajstić information content (AvgIpc) is 2.89. The third-order valence-electron chi connectivity index (χ3n) is 3.66. The molecule has 1 heterocycles. The highest BCUT2D eigenvalue weighted by molar-refractivity contribution is 7.99. The van der Waals surface area contributed by atoms with Crippen LogP contribution in [0.2, 0.25) is 0 Å². The average molecular weight is 297 g/mol. The van der Waals surface area contributed by atoms with Crippen LogP contribution in [0.5, 0.6) is 0 Å². The summed E-state index contributed by atoms with van der Waals surface area (Å²) in [4.78, 5) is 11.4. The zero-order chi connectivity index (χ0) is 14.4. The van der Waals surface area contributed by atoms with Gasteiger partial charge in [-0.25, -0.2) is 0 Å². The molecule has 112 valence electrons. The normalized spacial score (nSPS) is 16.3. The number of hydrogen-bond donors (Lipinski definition) is 0. The number of nitrogens with zero attached hydrogens (tertiary/aromatic N) is 3. The van der Waals surface area contributed by atoms with E-state index >= 15 is 0 Å². The summed E-state index contributed by atoms with van der Waals surface area (Å²) in [5, 5.41) is 9.47. The van der Waals surface area contributed by atoms with Gasteiger partial charge in [0, 0.05) is 12.5 Å². The van der Waals surface area contributed by atoms with Gasteiger partial charge in [0.2, 0.25) is 0 Å². The zero-order valence-corrected chi connectivity index (χ0v) is 13.1. The number of thioether (sulfide) groups is 1. The predicted octanol–water partition coefficient (Wildman–Crippen LogP) is 3.00. The third-order valence-corrected chi connectivity index (χ3v) is 4.60. The fraction of sp³-hybridized carbons (Fsp3) is 0.786. The number of carbonyl (C=O) groups is 1. The SMILES string of the molecule is CCOC(=O)CSc1nnc(C2CCCCC2)n1CC. The topological polar surface area (TPSA) is 57.0 Å². The molecule has 5 nitrogen and oxygen atoms in total. The minimum atomic E-state index is -0.192. The first-order valence-corrected chi connectivity index (χ1v) is 8.46. The summed E-state index contributed by atoms with van der Waals surface area (Å²) in [7, 11) is 0. The van der Waals surface area contributed by atoms with Crippen molar-refractivity contribution in [2.75, 3.05) is 12.4 Å². The molecule has 1 aromatic rings. The molecule has 0 saturated heterocycles. The molecular formula is C14H23N3O2S. The van der Waals surface area contributed by atoms with Gasteiger partial charge in [-0.15, -0.1) is 10.2 Å². The van der Waals surface area contributed by atoms with Crippen molar-refractivity contribution in [2.24, 2.45) is 0 Å². The molecule has 6 heteroatoms. The van der Waals surface area contributed by atoms with Crippen molar-refractivity contribution in [1.29, 1.82) is 0 Å². The summed E-state index contributed by atoms with van der Waals surface area (Å²) < 4.78 is 7.10. The molecule has 0 atom stereocenters. The van der Waals surface area contributed by atoms with E-state index < -0.39 is 0 Å². The molecule has 0 radical (unpaired) electrons. The summed E-state index contributed by atoms with van der Waals surface area (Å²) >= 11 is 1.42. The summed E-state index contributed by atoms with van der Waals surface area (Å²) in [5.41, 5.74) is 0. The molecule has 0 aliphatic heterocycles. The Balaban J connectivity index is 2.02. The van der Waals surface area contributed by atoms with Crippen LogP contribution < -0.4 is 0 Å². The van der Waals surface area contributed by atoms with E-state index in [4.69, 9.17) is 4.74 Å². The Morgan fingerprint density at radius 2 is 2.05 bits per heavy atom. The van der Waals surface area contributed by atoms with Crippen molar-refractivity contribution in [1.82, 2.24) is 14.8 Å². The van der Waals surface area contributed by atoms with E-state index in [-0.39, 0.29) is 5.97 Å². The molecule has 20 heavy (non-hydrogen) atoms. The lowest BCUT2D eigenvalue weighted by Gasteiger charge is -2.21. The number of carbonyl (C=O) groups excluding carboxylic acids is 1. The lowest BCUT2D eigenvalue weighted by atomic mass is 9.89. The molecule has 1 aliphatic rings. The standard InChI is InChI=1S/C14H23N3O2S/c1-3-17-13(11-8-6-5-7-9-11)15-16-14(17)20-10-12(18)19-4-2/h11H,3-10H2,1-2H3. The van der Waals surface area contributed by atoms with E-state index in [0.29, 0.717) is 18.3 Å². The van der Waals surface area contributed by atoms with Crippen molar-refractivity contribution >= 4 is 17.7 Å². The van der Waals surface area contributed by atoms with E-state index in [0.717, 1.165) is 17.5 Å². The molecular weight excluding hydrogens is 274 g/mol. The molecule has 0 bridgehead atoms. The van der Waals surface area contributed by atoms with Gasteiger partial charge in [-0.05, 0) is 26.7 Å². The van der Waals surface area contributed by atoms with Crippen molar-refractivity contribution in [2.45, 2.75) is 63.6 Å². The van der Waals surface area contributed by atoms with Crippen molar-refractivity contribution in [3.05, 3.63) is 5.82 Å². The lowest BCUT2D eigenvalue weighted by molar-refractivity contribution is -0.139. The molecule has 0 aromatic carbocycles. The van der Waals surface area contributed by atoms with Crippen molar-refractivity contribution in [3.63, 3.8) is 0 Å². The third kappa shape index (κ3) is 3.75. The second kappa shape index (κ2) is 7.67. The molecule has 0 N–H and O–H groups in total. The molecule has 1 aliphatic carbocycles. The molecule has 1 saturated carbocycles. The Bertz CT molecular complexity index is 442. The van der Waals surface area contributed by atoms with Crippen LogP contribution in [-0.4, -0.2) is 33.1 Å². The summed E-state index contributed by atoms with van der Waals surface area (Å²) in [6, 6.07) is 0. The molecule has 1 aromatic heterocycles. The molecule has 0 spiro atoms. The van der Waals surface area contributed by atoms with E-state index in [1.807, 2.05) is 6.92 Å². The van der Waals surface area contributed by atoms with E-state index in [1.54, 1.807) is 0 Å². The maximum atomic E-state index is 11.4. The van der Waals surface area contributed by atoms with E-state index in [9.17, 15) is 4.79 Å². The molecule has 0 amide bonds. The lowest BCUT2D eigenvalue weighted by Crippen LogP contribution is -2.13. The number of ether oxygens (including phenoxy) is 1. The first kappa shape index (κ1) is 15.4. The highest BCUT2D eigenvalue weighted by Crippen LogP contribution is 2.33. The van der Waals surface area contributed by atoms with Crippen LogP contribution in [-0.2, 0) is 16.1 Å². The van der Waals surface area contributed by atoms with Crippen molar-refractivity contribution in [3.8, 4) is 0 Å². The second-order valence-corrected chi connectivity index (χ2v) is 5.96. The van der Waals surface area contributed by atoms with Gasteiger partial charge in [-0.3, -0.25) is 4.79 Å². The van der Waals surface area contributed by atoms with Gasteiger partial charge in [0.25, 0.3) is 0 Å². The van der Waals surface area contributed by atoms with Gasteiger partial charge in [-0.1, -0.05) is 31.0 Å². The Labute approximate surface area is 124 Å².